The Morgan fingerprint density at radius 1 is 1.17 bits per heavy atom. The molecule has 0 aliphatic heterocycles. The van der Waals surface area contributed by atoms with Crippen LogP contribution >= 0.6 is 0 Å². The Morgan fingerprint density at radius 3 is 2.57 bits per heavy atom. The molecule has 0 saturated carbocycles. The summed E-state index contributed by atoms with van der Waals surface area (Å²) in [6.07, 6.45) is 1.10. The largest absolute Gasteiger partial charge is 0.465 e. The van der Waals surface area contributed by atoms with Crippen molar-refractivity contribution in [2.45, 2.75) is 43.5 Å². The molecule has 1 atom stereocenters. The van der Waals surface area contributed by atoms with Crippen LogP contribution in [0.25, 0.3) is 5.43 Å². The fourth-order valence-corrected chi connectivity index (χ4v) is 4.02. The summed E-state index contributed by atoms with van der Waals surface area (Å²) in [5.74, 6) is -1.43. The van der Waals surface area contributed by atoms with Gasteiger partial charge in [-0.15, -0.1) is 0 Å². The molecule has 0 saturated heterocycles. The van der Waals surface area contributed by atoms with Gasteiger partial charge in [-0.2, -0.15) is 0 Å². The van der Waals surface area contributed by atoms with E-state index in [2.05, 4.69) is 15.2 Å². The minimum absolute atomic E-state index is 0.0446. The van der Waals surface area contributed by atoms with Crippen LogP contribution in [0, 0.1) is 6.92 Å². The lowest BCUT2D eigenvalue weighted by Gasteiger charge is -2.32. The number of aryl methyl sites for hydroxylation is 2. The molecule has 3 rings (SSSR count). The molecule has 2 aromatic rings. The van der Waals surface area contributed by atoms with Crippen molar-refractivity contribution in [1.82, 2.24) is 0 Å². The van der Waals surface area contributed by atoms with E-state index in [1.807, 2.05) is 19.1 Å². The standard InChI is InChI=1S/C21H22N3O5S/c1-3-29-20(26)21(14-6-8-16-7-4-5-9-18(16)19(21)25)22-23-24-30(27,28)17-12-10-15(2)11-13-17/h4-5,7,9-13H,3,6,8,14H2,1-2H3/q-1. The monoisotopic (exact) mass is 428 g/mol. The van der Waals surface area contributed by atoms with Crippen LogP contribution in [0.5, 0.6) is 0 Å². The summed E-state index contributed by atoms with van der Waals surface area (Å²) in [6.45, 7) is 3.49. The first-order chi connectivity index (χ1) is 14.3. The third-order valence-electron chi connectivity index (χ3n) is 4.91. The number of ketones is 1. The molecule has 158 valence electrons. The number of sulfonamides is 1. The molecule has 0 aromatic heterocycles. The summed E-state index contributed by atoms with van der Waals surface area (Å²) < 4.78 is 33.3. The fourth-order valence-electron chi connectivity index (χ4n) is 3.31. The van der Waals surface area contributed by atoms with Crippen molar-refractivity contribution in [1.29, 1.82) is 0 Å². The van der Waals surface area contributed by atoms with E-state index in [0.29, 0.717) is 18.4 Å². The highest BCUT2D eigenvalue weighted by atomic mass is 32.2. The molecule has 0 N–H and O–H groups in total. The minimum atomic E-state index is -4.13. The first-order valence-corrected chi connectivity index (χ1v) is 11.0. The molecule has 1 aliphatic rings. The van der Waals surface area contributed by atoms with E-state index in [-0.39, 0.29) is 17.9 Å². The lowest BCUT2D eigenvalue weighted by Crippen LogP contribution is -2.46. The van der Waals surface area contributed by atoms with Crippen LogP contribution in [-0.2, 0) is 26.0 Å². The van der Waals surface area contributed by atoms with Crippen LogP contribution in [0.3, 0.4) is 0 Å². The van der Waals surface area contributed by atoms with Gasteiger partial charge >= 0.3 is 5.97 Å². The quantitative estimate of drug-likeness (QED) is 0.227. The van der Waals surface area contributed by atoms with Crippen molar-refractivity contribution in [2.24, 2.45) is 9.74 Å². The zero-order valence-electron chi connectivity index (χ0n) is 16.7. The molecule has 1 aliphatic carbocycles. The highest BCUT2D eigenvalue weighted by Gasteiger charge is 2.45. The van der Waals surface area contributed by atoms with Crippen LogP contribution in [0.2, 0.25) is 0 Å². The molecule has 0 amide bonds. The van der Waals surface area contributed by atoms with Gasteiger partial charge in [-0.1, -0.05) is 42.0 Å². The van der Waals surface area contributed by atoms with E-state index >= 15 is 0 Å². The maximum Gasteiger partial charge on any atom is 0.320 e. The number of hydrogen-bond donors (Lipinski definition) is 0. The van der Waals surface area contributed by atoms with E-state index in [0.717, 1.165) is 11.1 Å². The average Bonchev–Trinajstić information content (AvgIpc) is 2.86. The highest BCUT2D eigenvalue weighted by Crippen LogP contribution is 2.35. The van der Waals surface area contributed by atoms with Gasteiger partial charge in [0.15, 0.2) is 11.3 Å². The molecule has 30 heavy (non-hydrogen) atoms. The normalized spacial score (nSPS) is 19.2. The number of benzene rings is 2. The molecule has 9 heteroatoms. The second-order valence-corrected chi connectivity index (χ2v) is 8.56. The van der Waals surface area contributed by atoms with E-state index in [9.17, 15) is 18.0 Å². The first kappa shape index (κ1) is 21.6. The molecule has 0 heterocycles. The van der Waals surface area contributed by atoms with Gasteiger partial charge in [0.05, 0.1) is 11.5 Å². The summed E-state index contributed by atoms with van der Waals surface area (Å²) in [5, 5.41) is 3.45. The van der Waals surface area contributed by atoms with E-state index in [1.165, 1.54) is 12.1 Å². The number of rotatable bonds is 6. The minimum Gasteiger partial charge on any atom is -0.465 e. The third-order valence-corrected chi connectivity index (χ3v) is 6.07. The average molecular weight is 428 g/mol. The first-order valence-electron chi connectivity index (χ1n) is 9.56. The lowest BCUT2D eigenvalue weighted by molar-refractivity contribution is -0.146. The van der Waals surface area contributed by atoms with Crippen LogP contribution in [-0.4, -0.2) is 32.3 Å². The second kappa shape index (κ2) is 8.74. The van der Waals surface area contributed by atoms with E-state index < -0.39 is 27.3 Å². The maximum atomic E-state index is 13.3. The fraction of sp³-hybridized carbons (Fsp3) is 0.333. The van der Waals surface area contributed by atoms with Crippen LogP contribution in [0.4, 0.5) is 0 Å². The summed E-state index contributed by atoms with van der Waals surface area (Å²) in [7, 11) is -4.13. The van der Waals surface area contributed by atoms with E-state index in [4.69, 9.17) is 4.74 Å². The zero-order chi connectivity index (χ0) is 21.8. The number of Topliss-reactive ketones (excluding diaryl/α,β-unsaturated/α-hetero) is 1. The van der Waals surface area contributed by atoms with Crippen molar-refractivity contribution >= 4 is 21.8 Å². The maximum absolute atomic E-state index is 13.3. The molecule has 1 unspecified atom stereocenters. The summed E-state index contributed by atoms with van der Waals surface area (Å²) in [4.78, 5) is 26.0. The Kier molecular flexibility index (Phi) is 6.31. The highest BCUT2D eigenvalue weighted by molar-refractivity contribution is 7.90. The van der Waals surface area contributed by atoms with Crippen LogP contribution in [0.1, 0.15) is 41.3 Å². The summed E-state index contributed by atoms with van der Waals surface area (Å²) in [6, 6.07) is 13.0. The summed E-state index contributed by atoms with van der Waals surface area (Å²) >= 11 is 0. The Balaban J connectivity index is 1.95. The number of hydrogen-bond acceptors (Lipinski definition) is 6. The second-order valence-electron chi connectivity index (χ2n) is 6.98. The molecule has 0 bridgehead atoms. The Bertz CT molecular complexity index is 1080. The molecular formula is C21H22N3O5S-. The van der Waals surface area contributed by atoms with Crippen molar-refractivity contribution in [3.05, 3.63) is 70.6 Å². The Hall–Kier alpha value is -3.07. The zero-order valence-corrected chi connectivity index (χ0v) is 17.6. The molecule has 0 radical (unpaired) electrons. The lowest BCUT2D eigenvalue weighted by atomic mass is 9.87. The number of carbonyl (C=O) groups is 2. The van der Waals surface area contributed by atoms with Gasteiger partial charge in [-0.3, -0.25) is 19.3 Å². The predicted octanol–water partition coefficient (Wildman–Crippen LogP) is 3.95. The van der Waals surface area contributed by atoms with Gasteiger partial charge in [-0.05, 0) is 50.8 Å². The Morgan fingerprint density at radius 2 is 1.87 bits per heavy atom. The third kappa shape index (κ3) is 4.25. The van der Waals surface area contributed by atoms with Crippen LogP contribution < -0.4 is 0 Å². The molecule has 0 spiro atoms. The number of esters is 1. The van der Waals surface area contributed by atoms with Gasteiger partial charge < -0.3 is 10.2 Å². The molecule has 8 nitrogen and oxygen atoms in total. The van der Waals surface area contributed by atoms with Gasteiger partial charge in [0.2, 0.25) is 10.0 Å². The number of carbonyl (C=O) groups excluding carboxylic acids is 2. The topological polar surface area (TPSA) is 116 Å². The van der Waals surface area contributed by atoms with Gasteiger partial charge in [0, 0.05) is 5.56 Å². The van der Waals surface area contributed by atoms with Gasteiger partial charge in [0.25, 0.3) is 0 Å². The van der Waals surface area contributed by atoms with Crippen molar-refractivity contribution < 1.29 is 22.7 Å². The molecule has 0 fully saturated rings. The van der Waals surface area contributed by atoms with Crippen LogP contribution in [0.15, 0.2) is 63.2 Å². The molecular weight excluding hydrogens is 406 g/mol. The number of fused-ring (bicyclic) bond motifs is 1. The van der Waals surface area contributed by atoms with Crippen molar-refractivity contribution in [3.8, 4) is 0 Å². The smallest absolute Gasteiger partial charge is 0.320 e. The summed E-state index contributed by atoms with van der Waals surface area (Å²) in [5.41, 5.74) is 3.93. The van der Waals surface area contributed by atoms with E-state index in [1.54, 1.807) is 31.2 Å². The number of ether oxygens (including phenoxy) is 1. The Labute approximate surface area is 175 Å². The van der Waals surface area contributed by atoms with Crippen molar-refractivity contribution in [2.75, 3.05) is 6.61 Å². The van der Waals surface area contributed by atoms with Gasteiger partial charge in [-0.25, -0.2) is 8.42 Å². The van der Waals surface area contributed by atoms with Crippen molar-refractivity contribution in [3.63, 3.8) is 0 Å². The SMILES string of the molecule is CCOC(=O)C1([N-]/N=N/S(=O)(=O)c2ccc(C)cc2)CCCc2ccccc2C1=O. The number of nitrogens with zero attached hydrogens (tertiary/aromatic N) is 3. The van der Waals surface area contributed by atoms with Gasteiger partial charge in [0.1, 0.15) is 0 Å². The molecule has 2 aromatic carbocycles. The predicted molar refractivity (Wildman–Crippen MR) is 110 cm³/mol.